The van der Waals surface area contributed by atoms with Crippen LogP contribution in [0, 0.1) is 16.7 Å². The first-order valence-corrected chi connectivity index (χ1v) is 9.10. The smallest absolute Gasteiger partial charge is 0.122 e. The van der Waals surface area contributed by atoms with Crippen molar-refractivity contribution in [3.8, 4) is 6.07 Å². The van der Waals surface area contributed by atoms with Gasteiger partial charge in [-0.2, -0.15) is 5.26 Å². The van der Waals surface area contributed by atoms with Crippen LogP contribution in [0.2, 0.25) is 0 Å². The van der Waals surface area contributed by atoms with Crippen LogP contribution in [0.4, 0.5) is 0 Å². The van der Waals surface area contributed by atoms with Crippen LogP contribution in [0.3, 0.4) is 0 Å². The van der Waals surface area contributed by atoms with E-state index in [9.17, 15) is 0 Å². The average Bonchev–Trinajstić information content (AvgIpc) is 3.17. The molecule has 5 nitrogen and oxygen atoms in total. The molecular formula is C20H25N5. The minimum Gasteiger partial charge on any atom is -0.337 e. The zero-order valence-corrected chi connectivity index (χ0v) is 14.8. The van der Waals surface area contributed by atoms with Crippen molar-refractivity contribution >= 4 is 0 Å². The third kappa shape index (κ3) is 3.33. The Morgan fingerprint density at radius 2 is 2.04 bits per heavy atom. The highest BCUT2D eigenvalue weighted by Crippen LogP contribution is 2.56. The molecule has 2 aromatic rings. The van der Waals surface area contributed by atoms with Gasteiger partial charge in [-0.15, -0.1) is 0 Å². The number of aryl methyl sites for hydroxylation is 1. The van der Waals surface area contributed by atoms with Gasteiger partial charge in [0, 0.05) is 32.0 Å². The Balaban J connectivity index is 1.53. The number of rotatable bonds is 5. The number of piperidine rings is 1. The molecule has 0 radical (unpaired) electrons. The highest BCUT2D eigenvalue weighted by atomic mass is 15.2. The summed E-state index contributed by atoms with van der Waals surface area (Å²) in [6.07, 6.45) is 7.75. The summed E-state index contributed by atoms with van der Waals surface area (Å²) in [5.74, 6) is 1.12. The van der Waals surface area contributed by atoms with Crippen molar-refractivity contribution in [3.05, 3.63) is 53.6 Å². The molecule has 130 valence electrons. The summed E-state index contributed by atoms with van der Waals surface area (Å²) in [4.78, 5) is 7.13. The molecule has 2 aliphatic rings. The van der Waals surface area contributed by atoms with Crippen molar-refractivity contribution in [1.29, 1.82) is 5.26 Å². The van der Waals surface area contributed by atoms with Gasteiger partial charge in [-0.25, -0.2) is 4.98 Å². The molecule has 4 rings (SSSR count). The molecule has 0 unspecified atom stereocenters. The molecule has 1 atom stereocenters. The maximum Gasteiger partial charge on any atom is 0.122 e. The quantitative estimate of drug-likeness (QED) is 0.912. The van der Waals surface area contributed by atoms with E-state index in [1.165, 1.54) is 24.8 Å². The standard InChI is InChI=1S/C20H25N5/c1-24-11-10-23-19(24)15-25(14-17-4-2-16(13-21)3-5-17)18-12-20(18)6-8-22-9-7-20/h2-5,10-11,18,22H,6-9,12,14-15H2,1H3/t18-/m1/s1. The number of nitrogens with zero attached hydrogens (tertiary/aromatic N) is 4. The van der Waals surface area contributed by atoms with Crippen LogP contribution in [0.5, 0.6) is 0 Å². The van der Waals surface area contributed by atoms with E-state index in [-0.39, 0.29) is 0 Å². The lowest BCUT2D eigenvalue weighted by molar-refractivity contribution is 0.183. The number of nitrogens with one attached hydrogen (secondary N) is 1. The van der Waals surface area contributed by atoms with Crippen LogP contribution in [-0.2, 0) is 20.1 Å². The second kappa shape index (κ2) is 6.62. The summed E-state index contributed by atoms with van der Waals surface area (Å²) in [6.45, 7) is 4.08. The molecule has 1 saturated carbocycles. The summed E-state index contributed by atoms with van der Waals surface area (Å²) >= 11 is 0. The fourth-order valence-corrected chi connectivity index (χ4v) is 4.23. The first-order valence-electron chi connectivity index (χ1n) is 9.10. The summed E-state index contributed by atoms with van der Waals surface area (Å²) in [7, 11) is 2.06. The van der Waals surface area contributed by atoms with Crippen LogP contribution in [0.15, 0.2) is 36.7 Å². The van der Waals surface area contributed by atoms with Crippen LogP contribution in [0.1, 0.15) is 36.2 Å². The van der Waals surface area contributed by atoms with Crippen molar-refractivity contribution in [2.75, 3.05) is 13.1 Å². The summed E-state index contributed by atoms with van der Waals surface area (Å²) < 4.78 is 2.11. The number of nitriles is 1. The van der Waals surface area contributed by atoms with Crippen LogP contribution in [0.25, 0.3) is 0 Å². The van der Waals surface area contributed by atoms with Crippen LogP contribution < -0.4 is 5.32 Å². The Morgan fingerprint density at radius 1 is 1.28 bits per heavy atom. The van der Waals surface area contributed by atoms with Gasteiger partial charge in [-0.3, -0.25) is 4.90 Å². The molecule has 1 aliphatic heterocycles. The van der Waals surface area contributed by atoms with Crippen molar-refractivity contribution < 1.29 is 0 Å². The van der Waals surface area contributed by atoms with Gasteiger partial charge in [0.2, 0.25) is 0 Å². The molecule has 25 heavy (non-hydrogen) atoms. The lowest BCUT2D eigenvalue weighted by Crippen LogP contribution is -2.36. The van der Waals surface area contributed by atoms with Crippen molar-refractivity contribution in [2.45, 2.75) is 38.4 Å². The van der Waals surface area contributed by atoms with Gasteiger partial charge < -0.3 is 9.88 Å². The average molecular weight is 335 g/mol. The van der Waals surface area contributed by atoms with Gasteiger partial charge in [-0.05, 0) is 55.5 Å². The lowest BCUT2D eigenvalue weighted by Gasteiger charge is -2.29. The molecule has 0 amide bonds. The molecule has 1 N–H and O–H groups in total. The number of benzene rings is 1. The topological polar surface area (TPSA) is 56.9 Å². The summed E-state index contributed by atoms with van der Waals surface area (Å²) in [5.41, 5.74) is 2.49. The number of hydrogen-bond donors (Lipinski definition) is 1. The second-order valence-electron chi connectivity index (χ2n) is 7.50. The zero-order chi connectivity index (χ0) is 17.3. The minimum absolute atomic E-state index is 0.503. The Morgan fingerprint density at radius 3 is 2.68 bits per heavy atom. The normalized spacial score (nSPS) is 21.4. The van der Waals surface area contributed by atoms with Gasteiger partial charge in [0.1, 0.15) is 5.82 Å². The van der Waals surface area contributed by atoms with Gasteiger partial charge in [0.25, 0.3) is 0 Å². The largest absolute Gasteiger partial charge is 0.337 e. The molecule has 1 aliphatic carbocycles. The van der Waals surface area contributed by atoms with Gasteiger partial charge >= 0.3 is 0 Å². The first-order chi connectivity index (χ1) is 12.2. The SMILES string of the molecule is Cn1ccnc1CN(Cc1ccc(C#N)cc1)[C@@H]1CC12CCNCC2. The number of aromatic nitrogens is 2. The Hall–Kier alpha value is -2.16. The van der Waals surface area contributed by atoms with E-state index in [4.69, 9.17) is 5.26 Å². The third-order valence-corrected chi connectivity index (χ3v) is 5.92. The second-order valence-corrected chi connectivity index (χ2v) is 7.50. The van der Waals surface area contributed by atoms with E-state index in [1.54, 1.807) is 0 Å². The molecular weight excluding hydrogens is 310 g/mol. The molecule has 1 aromatic heterocycles. The summed E-state index contributed by atoms with van der Waals surface area (Å²) in [5, 5.41) is 12.5. The van der Waals surface area contributed by atoms with E-state index in [0.29, 0.717) is 11.5 Å². The lowest BCUT2D eigenvalue weighted by atomic mass is 9.93. The third-order valence-electron chi connectivity index (χ3n) is 5.92. The maximum atomic E-state index is 9.00. The minimum atomic E-state index is 0.503. The Labute approximate surface area is 149 Å². The molecule has 0 bridgehead atoms. The maximum absolute atomic E-state index is 9.00. The molecule has 5 heteroatoms. The van der Waals surface area contributed by atoms with Crippen LogP contribution >= 0.6 is 0 Å². The Bertz CT molecular complexity index is 764. The molecule has 2 heterocycles. The molecule has 1 spiro atoms. The summed E-state index contributed by atoms with van der Waals surface area (Å²) in [6, 6.07) is 10.8. The van der Waals surface area contributed by atoms with Gasteiger partial charge in [-0.1, -0.05) is 12.1 Å². The van der Waals surface area contributed by atoms with Crippen molar-refractivity contribution in [3.63, 3.8) is 0 Å². The molecule has 1 saturated heterocycles. The molecule has 2 fully saturated rings. The van der Waals surface area contributed by atoms with Crippen molar-refractivity contribution in [2.24, 2.45) is 12.5 Å². The molecule has 1 aromatic carbocycles. The number of hydrogen-bond acceptors (Lipinski definition) is 4. The van der Waals surface area contributed by atoms with E-state index in [1.807, 2.05) is 24.5 Å². The van der Waals surface area contributed by atoms with E-state index in [0.717, 1.165) is 37.6 Å². The first kappa shape index (κ1) is 16.3. The van der Waals surface area contributed by atoms with Gasteiger partial charge in [0.15, 0.2) is 0 Å². The van der Waals surface area contributed by atoms with E-state index in [2.05, 4.69) is 45.0 Å². The fraction of sp³-hybridized carbons (Fsp3) is 0.500. The fourth-order valence-electron chi connectivity index (χ4n) is 4.23. The predicted octanol–water partition coefficient (Wildman–Crippen LogP) is 2.44. The highest BCUT2D eigenvalue weighted by molar-refractivity contribution is 5.31. The highest BCUT2D eigenvalue weighted by Gasteiger charge is 2.56. The Kier molecular flexibility index (Phi) is 4.32. The predicted molar refractivity (Wildman–Crippen MR) is 96.6 cm³/mol. The van der Waals surface area contributed by atoms with Crippen molar-refractivity contribution in [1.82, 2.24) is 19.8 Å². The zero-order valence-electron chi connectivity index (χ0n) is 14.8. The number of imidazole rings is 1. The van der Waals surface area contributed by atoms with Gasteiger partial charge in [0.05, 0.1) is 18.2 Å². The van der Waals surface area contributed by atoms with Crippen LogP contribution in [-0.4, -0.2) is 33.6 Å². The monoisotopic (exact) mass is 335 g/mol. The van der Waals surface area contributed by atoms with E-state index >= 15 is 0 Å². The van der Waals surface area contributed by atoms with E-state index < -0.39 is 0 Å².